The predicted octanol–water partition coefficient (Wildman–Crippen LogP) is 4.43. The van der Waals surface area contributed by atoms with Gasteiger partial charge in [0.05, 0.1) is 12.1 Å². The number of nitrogens with zero attached hydrogens (tertiary/aromatic N) is 2. The van der Waals surface area contributed by atoms with Crippen molar-refractivity contribution in [2.75, 3.05) is 18.0 Å². The number of hydrogen-bond acceptors (Lipinski definition) is 3. The Hall–Kier alpha value is -1.59. The van der Waals surface area contributed by atoms with E-state index >= 15 is 0 Å². The average Bonchev–Trinajstić information content (AvgIpc) is 3.13. The van der Waals surface area contributed by atoms with Crippen LogP contribution in [-0.4, -0.2) is 35.0 Å². The number of anilines is 1. The second-order valence-electron chi connectivity index (χ2n) is 7.22. The SMILES string of the molecule is O=C([C@@H]1CCCN1Cc1cc(Cl)ccc1Cl)N1CCC(O)c2ccccc21. The number of rotatable bonds is 3. The van der Waals surface area contributed by atoms with Crippen molar-refractivity contribution in [1.82, 2.24) is 4.90 Å². The van der Waals surface area contributed by atoms with Gasteiger partial charge < -0.3 is 10.0 Å². The fourth-order valence-corrected chi connectivity index (χ4v) is 4.50. The summed E-state index contributed by atoms with van der Waals surface area (Å²) in [5, 5.41) is 11.6. The van der Waals surface area contributed by atoms with E-state index in [9.17, 15) is 9.90 Å². The van der Waals surface area contributed by atoms with Gasteiger partial charge >= 0.3 is 0 Å². The fourth-order valence-electron chi connectivity index (χ4n) is 4.13. The first-order valence-corrected chi connectivity index (χ1v) is 10.1. The zero-order chi connectivity index (χ0) is 19.0. The molecule has 0 spiro atoms. The van der Waals surface area contributed by atoms with Crippen LogP contribution in [0.25, 0.3) is 0 Å². The summed E-state index contributed by atoms with van der Waals surface area (Å²) in [7, 11) is 0. The molecule has 2 aliphatic heterocycles. The highest BCUT2D eigenvalue weighted by Gasteiger charge is 2.37. The van der Waals surface area contributed by atoms with Crippen LogP contribution in [0.1, 0.15) is 36.5 Å². The van der Waals surface area contributed by atoms with Gasteiger partial charge in [-0.3, -0.25) is 9.69 Å². The second-order valence-corrected chi connectivity index (χ2v) is 8.06. The van der Waals surface area contributed by atoms with Crippen molar-refractivity contribution in [1.29, 1.82) is 0 Å². The minimum Gasteiger partial charge on any atom is -0.388 e. The van der Waals surface area contributed by atoms with Gasteiger partial charge in [0.25, 0.3) is 0 Å². The van der Waals surface area contributed by atoms with Gasteiger partial charge in [-0.1, -0.05) is 41.4 Å². The summed E-state index contributed by atoms with van der Waals surface area (Å²) in [6.07, 6.45) is 1.87. The van der Waals surface area contributed by atoms with E-state index in [0.29, 0.717) is 29.6 Å². The first-order valence-electron chi connectivity index (χ1n) is 9.31. The zero-order valence-corrected chi connectivity index (χ0v) is 16.5. The van der Waals surface area contributed by atoms with Gasteiger partial charge in [-0.15, -0.1) is 0 Å². The number of carbonyl (C=O) groups excluding carboxylic acids is 1. The number of benzene rings is 2. The maximum atomic E-state index is 13.4. The minimum atomic E-state index is -0.504. The Labute approximate surface area is 169 Å². The predicted molar refractivity (Wildman–Crippen MR) is 108 cm³/mol. The minimum absolute atomic E-state index is 0.102. The summed E-state index contributed by atoms with van der Waals surface area (Å²) in [5.41, 5.74) is 2.60. The molecule has 0 saturated carbocycles. The van der Waals surface area contributed by atoms with Gasteiger partial charge in [0.1, 0.15) is 0 Å². The zero-order valence-electron chi connectivity index (χ0n) is 14.9. The van der Waals surface area contributed by atoms with Gasteiger partial charge in [0.15, 0.2) is 0 Å². The van der Waals surface area contributed by atoms with Gasteiger partial charge in [-0.05, 0) is 55.6 Å². The topological polar surface area (TPSA) is 43.8 Å². The van der Waals surface area contributed by atoms with Crippen LogP contribution in [0, 0.1) is 0 Å². The Balaban J connectivity index is 1.56. The number of aliphatic hydroxyl groups excluding tert-OH is 1. The molecule has 1 unspecified atom stereocenters. The van der Waals surface area contributed by atoms with E-state index < -0.39 is 6.10 Å². The lowest BCUT2D eigenvalue weighted by molar-refractivity contribution is -0.123. The van der Waals surface area contributed by atoms with Crippen LogP contribution in [-0.2, 0) is 11.3 Å². The molecule has 2 heterocycles. The third-order valence-electron chi connectivity index (χ3n) is 5.51. The third kappa shape index (κ3) is 3.72. The number of carbonyl (C=O) groups is 1. The van der Waals surface area contributed by atoms with E-state index in [4.69, 9.17) is 23.2 Å². The van der Waals surface area contributed by atoms with Crippen molar-refractivity contribution < 1.29 is 9.90 Å². The van der Waals surface area contributed by atoms with Crippen LogP contribution in [0.4, 0.5) is 5.69 Å². The van der Waals surface area contributed by atoms with Gasteiger partial charge in [0, 0.05) is 34.4 Å². The van der Waals surface area contributed by atoms with Crippen molar-refractivity contribution in [2.24, 2.45) is 0 Å². The molecule has 1 fully saturated rings. The third-order valence-corrected chi connectivity index (χ3v) is 6.11. The molecule has 2 atom stereocenters. The highest BCUT2D eigenvalue weighted by Crippen LogP contribution is 2.35. The van der Waals surface area contributed by atoms with E-state index in [1.54, 1.807) is 12.1 Å². The lowest BCUT2D eigenvalue weighted by Gasteiger charge is -2.35. The highest BCUT2D eigenvalue weighted by atomic mass is 35.5. The van der Waals surface area contributed by atoms with Crippen LogP contribution >= 0.6 is 23.2 Å². The summed E-state index contributed by atoms with van der Waals surface area (Å²) in [4.78, 5) is 17.4. The maximum absolute atomic E-state index is 13.4. The van der Waals surface area contributed by atoms with Crippen LogP contribution < -0.4 is 4.90 Å². The summed E-state index contributed by atoms with van der Waals surface area (Å²) < 4.78 is 0. The van der Waals surface area contributed by atoms with E-state index in [1.807, 2.05) is 35.2 Å². The molecule has 2 aliphatic rings. The number of amides is 1. The van der Waals surface area contributed by atoms with Crippen LogP contribution in [0.15, 0.2) is 42.5 Å². The Bertz CT molecular complexity index is 858. The monoisotopic (exact) mass is 404 g/mol. The normalized spacial score (nSPS) is 22.7. The van der Waals surface area contributed by atoms with Crippen molar-refractivity contribution >= 4 is 34.8 Å². The molecule has 1 saturated heterocycles. The molecule has 27 heavy (non-hydrogen) atoms. The van der Waals surface area contributed by atoms with Crippen molar-refractivity contribution in [2.45, 2.75) is 38.0 Å². The quantitative estimate of drug-likeness (QED) is 0.822. The molecule has 0 aromatic heterocycles. The van der Waals surface area contributed by atoms with Crippen LogP contribution in [0.3, 0.4) is 0 Å². The lowest BCUT2D eigenvalue weighted by atomic mass is 9.98. The van der Waals surface area contributed by atoms with E-state index in [1.165, 1.54) is 0 Å². The average molecular weight is 405 g/mol. The number of likely N-dealkylation sites (tertiary alicyclic amines) is 1. The molecule has 0 radical (unpaired) electrons. The van der Waals surface area contributed by atoms with E-state index in [0.717, 1.165) is 36.2 Å². The van der Waals surface area contributed by atoms with Gasteiger partial charge in [0.2, 0.25) is 5.91 Å². The molecule has 2 aromatic rings. The van der Waals surface area contributed by atoms with Gasteiger partial charge in [-0.2, -0.15) is 0 Å². The largest absolute Gasteiger partial charge is 0.388 e. The molecule has 0 bridgehead atoms. The summed E-state index contributed by atoms with van der Waals surface area (Å²) in [6, 6.07) is 12.9. The van der Waals surface area contributed by atoms with Crippen LogP contribution in [0.2, 0.25) is 10.0 Å². The van der Waals surface area contributed by atoms with Gasteiger partial charge in [-0.25, -0.2) is 0 Å². The second kappa shape index (κ2) is 7.80. The van der Waals surface area contributed by atoms with Crippen molar-refractivity contribution in [3.8, 4) is 0 Å². The first-order chi connectivity index (χ1) is 13.0. The molecule has 4 nitrogen and oxygen atoms in total. The molecule has 2 aromatic carbocycles. The molecule has 1 amide bonds. The molecular weight excluding hydrogens is 383 g/mol. The number of halogens is 2. The number of para-hydroxylation sites is 1. The number of aliphatic hydroxyl groups is 1. The molecule has 4 rings (SSSR count). The molecule has 6 heteroatoms. The Morgan fingerprint density at radius 1 is 1.11 bits per heavy atom. The standard InChI is InChI=1S/C21H22Cl2N2O2/c22-15-7-8-17(23)14(12-15)13-24-10-3-6-19(24)21(27)25-11-9-20(26)16-4-1-2-5-18(16)25/h1-2,4-5,7-8,12,19-20,26H,3,6,9-11,13H2/t19-,20?/m0/s1. The first kappa shape index (κ1) is 18.8. The Morgan fingerprint density at radius 2 is 1.93 bits per heavy atom. The van der Waals surface area contributed by atoms with E-state index in [-0.39, 0.29) is 11.9 Å². The molecular formula is C21H22Cl2N2O2. The van der Waals surface area contributed by atoms with Crippen molar-refractivity contribution in [3.63, 3.8) is 0 Å². The Morgan fingerprint density at radius 3 is 2.78 bits per heavy atom. The molecule has 1 N–H and O–H groups in total. The fraction of sp³-hybridized carbons (Fsp3) is 0.381. The number of fused-ring (bicyclic) bond motifs is 1. The Kier molecular flexibility index (Phi) is 5.42. The summed E-state index contributed by atoms with van der Waals surface area (Å²) >= 11 is 12.4. The molecule has 0 aliphatic carbocycles. The van der Waals surface area contributed by atoms with Crippen molar-refractivity contribution in [3.05, 3.63) is 63.6 Å². The maximum Gasteiger partial charge on any atom is 0.244 e. The highest BCUT2D eigenvalue weighted by molar-refractivity contribution is 6.33. The van der Waals surface area contributed by atoms with Crippen LogP contribution in [0.5, 0.6) is 0 Å². The summed E-state index contributed by atoms with van der Waals surface area (Å²) in [6.45, 7) is 2.00. The van der Waals surface area contributed by atoms with E-state index in [2.05, 4.69) is 4.90 Å². The summed E-state index contributed by atoms with van der Waals surface area (Å²) in [5.74, 6) is 0.102. The smallest absolute Gasteiger partial charge is 0.244 e. The lowest BCUT2D eigenvalue weighted by Crippen LogP contribution is -2.47. The molecule has 142 valence electrons. The number of hydrogen-bond donors (Lipinski definition) is 1.